The van der Waals surface area contributed by atoms with Gasteiger partial charge in [-0.05, 0) is 49.9 Å². The van der Waals surface area contributed by atoms with Crippen molar-refractivity contribution in [2.75, 3.05) is 65.8 Å². The molecule has 2 N–H and O–H groups in total. The molecule has 0 aliphatic carbocycles. The summed E-state index contributed by atoms with van der Waals surface area (Å²) in [5.41, 5.74) is 1.83. The Kier molecular flexibility index (Phi) is 15.6. The summed E-state index contributed by atoms with van der Waals surface area (Å²) in [5, 5.41) is 0. The molecule has 0 bridgehead atoms. The molecule has 0 radical (unpaired) electrons. The van der Waals surface area contributed by atoms with E-state index in [-0.39, 0.29) is 87.4 Å². The van der Waals surface area contributed by atoms with E-state index in [0.717, 1.165) is 11.1 Å². The lowest BCUT2D eigenvalue weighted by molar-refractivity contribution is -0.135. The fourth-order valence-corrected chi connectivity index (χ4v) is 7.70. The fraction of sp³-hybridized carbons (Fsp3) is 0.588. The van der Waals surface area contributed by atoms with Crippen LogP contribution in [-0.4, -0.2) is 116 Å². The third-order valence-electron chi connectivity index (χ3n) is 8.11. The number of ether oxygens (including phenoxy) is 3. The summed E-state index contributed by atoms with van der Waals surface area (Å²) in [7, 11) is -7.94. The number of aryl methyl sites for hydroxylation is 2. The highest BCUT2D eigenvalue weighted by Crippen LogP contribution is 2.16. The van der Waals surface area contributed by atoms with Gasteiger partial charge in [0, 0.05) is 26.2 Å². The van der Waals surface area contributed by atoms with E-state index in [9.17, 15) is 26.4 Å². The van der Waals surface area contributed by atoms with Gasteiger partial charge in [-0.2, -0.15) is 9.44 Å². The molecule has 1 saturated heterocycles. The molecule has 2 aromatic rings. The maximum Gasteiger partial charge on any atom is 0.241 e. The van der Waals surface area contributed by atoms with Crippen LogP contribution in [0.5, 0.6) is 0 Å². The van der Waals surface area contributed by atoms with E-state index in [4.69, 9.17) is 14.2 Å². The first-order chi connectivity index (χ1) is 23.1. The minimum absolute atomic E-state index is 0.0713. The third-order valence-corrected chi connectivity index (χ3v) is 11.0. The van der Waals surface area contributed by atoms with Gasteiger partial charge >= 0.3 is 0 Å². The van der Waals surface area contributed by atoms with E-state index in [1.165, 1.54) is 34.1 Å². The quantitative estimate of drug-likeness (QED) is 0.375. The summed E-state index contributed by atoms with van der Waals surface area (Å²) in [6.07, 6.45) is 0. The number of nitrogens with one attached hydrogen (secondary N) is 2. The summed E-state index contributed by atoms with van der Waals surface area (Å²) in [6, 6.07) is 10.8. The van der Waals surface area contributed by atoms with Gasteiger partial charge in [0.05, 0.1) is 49.4 Å². The Bertz CT molecular complexity index is 1450. The average molecular weight is 725 g/mol. The van der Waals surface area contributed by atoms with Crippen molar-refractivity contribution in [3.8, 4) is 0 Å². The standard InChI is InChI=1S/C34H52N4O9S2/c1-25(2)31(35-48(41,42)29-11-7-27(5)8-12-29)33(39)37-15-19-45-20-16-38(18-22-47-24-23-46-21-17-37)34(40)32(26(3)4)36-49(43,44)30-13-9-28(6)10-14-30/h7-14,25-26,31-32,35-36H,15-24H2,1-6H3/t31-,32-/m1/s1. The highest BCUT2D eigenvalue weighted by Gasteiger charge is 2.33. The van der Waals surface area contributed by atoms with Crippen molar-refractivity contribution in [2.24, 2.45) is 11.8 Å². The lowest BCUT2D eigenvalue weighted by Gasteiger charge is -2.30. The largest absolute Gasteiger partial charge is 0.378 e. The molecule has 2 atom stereocenters. The molecule has 0 aromatic heterocycles. The van der Waals surface area contributed by atoms with E-state index in [1.54, 1.807) is 52.0 Å². The van der Waals surface area contributed by atoms with Crippen molar-refractivity contribution in [2.45, 2.75) is 63.4 Å². The van der Waals surface area contributed by atoms with Crippen molar-refractivity contribution >= 4 is 31.9 Å². The van der Waals surface area contributed by atoms with Crippen LogP contribution in [0.1, 0.15) is 38.8 Å². The Morgan fingerprint density at radius 1 is 0.551 bits per heavy atom. The summed E-state index contributed by atoms with van der Waals surface area (Å²) in [6.45, 7) is 12.7. The maximum absolute atomic E-state index is 13.8. The van der Waals surface area contributed by atoms with Crippen LogP contribution in [0.25, 0.3) is 0 Å². The Morgan fingerprint density at radius 2 is 0.837 bits per heavy atom. The van der Waals surface area contributed by atoms with Crippen LogP contribution in [-0.2, 0) is 43.8 Å². The molecule has 1 aliphatic rings. The molecular weight excluding hydrogens is 673 g/mol. The van der Waals surface area contributed by atoms with E-state index in [1.807, 2.05) is 13.8 Å². The maximum atomic E-state index is 13.8. The molecule has 1 fully saturated rings. The van der Waals surface area contributed by atoms with Crippen LogP contribution < -0.4 is 9.44 Å². The van der Waals surface area contributed by atoms with Gasteiger partial charge in [0.2, 0.25) is 31.9 Å². The Morgan fingerprint density at radius 3 is 1.12 bits per heavy atom. The second kappa shape index (κ2) is 18.9. The zero-order valence-corrected chi connectivity index (χ0v) is 31.0. The second-order valence-corrected chi connectivity index (χ2v) is 16.2. The van der Waals surface area contributed by atoms with Crippen molar-refractivity contribution < 1.29 is 40.6 Å². The number of amides is 2. The molecule has 3 rings (SSSR count). The van der Waals surface area contributed by atoms with Crippen LogP contribution in [0, 0.1) is 25.7 Å². The number of carbonyl (C=O) groups excluding carboxylic acids is 2. The molecule has 1 heterocycles. The first-order valence-electron chi connectivity index (χ1n) is 16.6. The number of hydrogen-bond donors (Lipinski definition) is 2. The zero-order chi connectivity index (χ0) is 36.2. The molecule has 0 saturated carbocycles. The predicted molar refractivity (Wildman–Crippen MR) is 186 cm³/mol. The number of hydrogen-bond acceptors (Lipinski definition) is 9. The van der Waals surface area contributed by atoms with Crippen molar-refractivity contribution in [3.05, 3.63) is 59.7 Å². The van der Waals surface area contributed by atoms with Gasteiger partial charge < -0.3 is 24.0 Å². The molecule has 15 heteroatoms. The SMILES string of the molecule is Cc1ccc(S(=O)(=O)N[C@@H](C(=O)N2CCOCCOCCN(C(=O)[C@H](NS(=O)(=O)c3ccc(C)cc3)C(C)C)CCOCC2)C(C)C)cc1. The molecule has 13 nitrogen and oxygen atoms in total. The number of benzene rings is 2. The number of rotatable bonds is 10. The molecule has 49 heavy (non-hydrogen) atoms. The number of sulfonamides is 2. The first-order valence-corrected chi connectivity index (χ1v) is 19.6. The highest BCUT2D eigenvalue weighted by atomic mass is 32.2. The van der Waals surface area contributed by atoms with Crippen molar-refractivity contribution in [3.63, 3.8) is 0 Å². The van der Waals surface area contributed by atoms with Crippen molar-refractivity contribution in [1.82, 2.24) is 19.2 Å². The molecule has 0 unspecified atom stereocenters. The average Bonchev–Trinajstić information content (AvgIpc) is 3.05. The van der Waals surface area contributed by atoms with E-state index < -0.39 is 43.9 Å². The second-order valence-electron chi connectivity index (χ2n) is 12.8. The van der Waals surface area contributed by atoms with Gasteiger partial charge in [-0.25, -0.2) is 16.8 Å². The molecule has 1 aliphatic heterocycles. The van der Waals surface area contributed by atoms with Crippen LogP contribution >= 0.6 is 0 Å². The number of carbonyl (C=O) groups is 2. The summed E-state index contributed by atoms with van der Waals surface area (Å²) in [5.74, 6) is -1.51. The topological polar surface area (TPSA) is 161 Å². The molecule has 0 spiro atoms. The monoisotopic (exact) mass is 724 g/mol. The highest BCUT2D eigenvalue weighted by molar-refractivity contribution is 7.89. The Balaban J connectivity index is 1.70. The molecule has 2 aromatic carbocycles. The lowest BCUT2D eigenvalue weighted by atomic mass is 10.0. The van der Waals surface area contributed by atoms with Gasteiger partial charge in [-0.1, -0.05) is 63.1 Å². The van der Waals surface area contributed by atoms with E-state index in [2.05, 4.69) is 9.44 Å². The third kappa shape index (κ3) is 12.4. The van der Waals surface area contributed by atoms with E-state index in [0.29, 0.717) is 0 Å². The summed E-state index contributed by atoms with van der Waals surface area (Å²) in [4.78, 5) is 30.7. The summed E-state index contributed by atoms with van der Waals surface area (Å²) < 4.78 is 75.2. The predicted octanol–water partition coefficient (Wildman–Crippen LogP) is 2.33. The van der Waals surface area contributed by atoms with Crippen LogP contribution in [0.15, 0.2) is 58.3 Å². The lowest BCUT2D eigenvalue weighted by Crippen LogP contribution is -2.53. The van der Waals surface area contributed by atoms with Gasteiger partial charge in [0.15, 0.2) is 0 Å². The van der Waals surface area contributed by atoms with Crippen LogP contribution in [0.4, 0.5) is 0 Å². The Hall–Kier alpha value is -2.92. The van der Waals surface area contributed by atoms with Gasteiger partial charge in [0.25, 0.3) is 0 Å². The van der Waals surface area contributed by atoms with Crippen LogP contribution in [0.3, 0.4) is 0 Å². The van der Waals surface area contributed by atoms with Gasteiger partial charge in [0.1, 0.15) is 12.1 Å². The van der Waals surface area contributed by atoms with Crippen molar-refractivity contribution in [1.29, 1.82) is 0 Å². The Labute approximate surface area is 291 Å². The minimum Gasteiger partial charge on any atom is -0.378 e. The molecular formula is C34H52N4O9S2. The van der Waals surface area contributed by atoms with Crippen LogP contribution in [0.2, 0.25) is 0 Å². The number of nitrogens with zero attached hydrogens (tertiary/aromatic N) is 2. The van der Waals surface area contributed by atoms with Gasteiger partial charge in [-0.15, -0.1) is 0 Å². The first kappa shape index (κ1) is 40.5. The van der Waals surface area contributed by atoms with Gasteiger partial charge in [-0.3, -0.25) is 9.59 Å². The molecule has 2 amide bonds. The fourth-order valence-electron chi connectivity index (χ4n) is 5.03. The smallest absolute Gasteiger partial charge is 0.241 e. The van der Waals surface area contributed by atoms with E-state index >= 15 is 0 Å². The molecule has 274 valence electrons. The normalized spacial score (nSPS) is 17.7. The minimum atomic E-state index is -3.97. The zero-order valence-electron chi connectivity index (χ0n) is 29.4. The summed E-state index contributed by atoms with van der Waals surface area (Å²) >= 11 is 0.